The minimum absolute atomic E-state index is 0.0358. The van der Waals surface area contributed by atoms with E-state index in [2.05, 4.69) is 5.32 Å². The van der Waals surface area contributed by atoms with Gasteiger partial charge in [0.1, 0.15) is 5.82 Å². The zero-order valence-corrected chi connectivity index (χ0v) is 13.0. The Morgan fingerprint density at radius 2 is 1.90 bits per heavy atom. The molecule has 0 saturated carbocycles. The lowest BCUT2D eigenvalue weighted by Gasteiger charge is -2.12. The van der Waals surface area contributed by atoms with Crippen molar-refractivity contribution in [3.05, 3.63) is 58.9 Å². The van der Waals surface area contributed by atoms with Crippen molar-refractivity contribution in [1.29, 1.82) is 0 Å². The highest BCUT2D eigenvalue weighted by Gasteiger charge is 2.15. The second kappa shape index (κ2) is 6.45. The van der Waals surface area contributed by atoms with Crippen molar-refractivity contribution in [2.45, 2.75) is 18.4 Å². The zero-order valence-electron chi connectivity index (χ0n) is 11.4. The van der Waals surface area contributed by atoms with Gasteiger partial charge in [-0.1, -0.05) is 36.7 Å². The molecule has 0 aliphatic rings. The molecule has 3 nitrogen and oxygen atoms in total. The third-order valence-electron chi connectivity index (χ3n) is 3.07. The molecule has 2 aromatic rings. The van der Waals surface area contributed by atoms with Crippen LogP contribution < -0.4 is 5.32 Å². The van der Waals surface area contributed by atoms with Crippen molar-refractivity contribution in [3.63, 3.8) is 0 Å². The molecule has 0 spiro atoms. The highest BCUT2D eigenvalue weighted by molar-refractivity contribution is 7.91. The van der Waals surface area contributed by atoms with Crippen LogP contribution in [0.15, 0.2) is 47.4 Å². The number of sulfone groups is 1. The minimum Gasteiger partial charge on any atom is -0.380 e. The average molecular weight is 328 g/mol. The molecule has 1 N–H and O–H groups in total. The van der Waals surface area contributed by atoms with Crippen LogP contribution in [0.4, 0.5) is 10.1 Å². The van der Waals surface area contributed by atoms with Crippen LogP contribution in [0.2, 0.25) is 5.02 Å². The van der Waals surface area contributed by atoms with Crippen LogP contribution in [-0.4, -0.2) is 14.2 Å². The quantitative estimate of drug-likeness (QED) is 0.906. The predicted octanol–water partition coefficient (Wildman–Crippen LogP) is 3.88. The van der Waals surface area contributed by atoms with Crippen molar-refractivity contribution >= 4 is 27.1 Å². The molecular formula is C15H15ClFNO2S. The number of benzene rings is 2. The summed E-state index contributed by atoms with van der Waals surface area (Å²) in [5.41, 5.74) is 1.30. The van der Waals surface area contributed by atoms with E-state index < -0.39 is 15.7 Å². The molecule has 0 saturated heterocycles. The molecule has 0 heterocycles. The Balaban J connectivity index is 2.23. The van der Waals surface area contributed by atoms with E-state index in [4.69, 9.17) is 11.6 Å². The summed E-state index contributed by atoms with van der Waals surface area (Å²) in [6.07, 6.45) is 0. The van der Waals surface area contributed by atoms with Crippen molar-refractivity contribution in [2.75, 3.05) is 11.1 Å². The fourth-order valence-electron chi connectivity index (χ4n) is 1.89. The first-order valence-electron chi connectivity index (χ1n) is 6.43. The van der Waals surface area contributed by atoms with E-state index in [0.29, 0.717) is 12.2 Å². The molecule has 0 aliphatic heterocycles. The van der Waals surface area contributed by atoms with Crippen LogP contribution in [0.1, 0.15) is 12.5 Å². The standard InChI is InChI=1S/C15H15ClFNO2S/c1-2-21(19,20)15-6-4-3-5-14(15)18-10-11-7-8-13(17)12(16)9-11/h3-9,18H,2,10H2,1H3. The summed E-state index contributed by atoms with van der Waals surface area (Å²) in [6.45, 7) is 1.96. The van der Waals surface area contributed by atoms with Crippen LogP contribution in [0.25, 0.3) is 0 Å². The summed E-state index contributed by atoms with van der Waals surface area (Å²) < 4.78 is 37.1. The van der Waals surface area contributed by atoms with Crippen LogP contribution in [0, 0.1) is 5.82 Å². The molecule has 0 fully saturated rings. The van der Waals surface area contributed by atoms with Crippen LogP contribution in [0.5, 0.6) is 0 Å². The Kier molecular flexibility index (Phi) is 4.85. The number of para-hydroxylation sites is 1. The van der Waals surface area contributed by atoms with E-state index in [9.17, 15) is 12.8 Å². The lowest BCUT2D eigenvalue weighted by atomic mass is 10.2. The summed E-state index contributed by atoms with van der Waals surface area (Å²) in [7, 11) is -3.30. The van der Waals surface area contributed by atoms with Crippen molar-refractivity contribution in [3.8, 4) is 0 Å². The molecule has 6 heteroatoms. The fourth-order valence-corrected chi connectivity index (χ4v) is 3.16. The van der Waals surface area contributed by atoms with Crippen molar-refractivity contribution in [1.82, 2.24) is 0 Å². The molecule has 112 valence electrons. The summed E-state index contributed by atoms with van der Waals surface area (Å²) in [6, 6.07) is 11.1. The van der Waals surface area contributed by atoms with Crippen LogP contribution in [-0.2, 0) is 16.4 Å². The van der Waals surface area contributed by atoms with Gasteiger partial charge in [0, 0.05) is 6.54 Å². The predicted molar refractivity (Wildman–Crippen MR) is 82.9 cm³/mol. The summed E-state index contributed by atoms with van der Waals surface area (Å²) in [4.78, 5) is 0.265. The number of hydrogen-bond donors (Lipinski definition) is 1. The number of nitrogens with one attached hydrogen (secondary N) is 1. The summed E-state index contributed by atoms with van der Waals surface area (Å²) in [5, 5.41) is 3.10. The van der Waals surface area contributed by atoms with Crippen LogP contribution >= 0.6 is 11.6 Å². The lowest BCUT2D eigenvalue weighted by Crippen LogP contribution is -2.09. The maximum atomic E-state index is 13.1. The second-order valence-corrected chi connectivity index (χ2v) is 7.16. The SMILES string of the molecule is CCS(=O)(=O)c1ccccc1NCc1ccc(F)c(Cl)c1. The van der Waals surface area contributed by atoms with E-state index in [1.54, 1.807) is 37.3 Å². The van der Waals surface area contributed by atoms with Crippen molar-refractivity contribution in [2.24, 2.45) is 0 Å². The Morgan fingerprint density at radius 1 is 1.19 bits per heavy atom. The topological polar surface area (TPSA) is 46.2 Å². The Labute approximate surface area is 128 Å². The smallest absolute Gasteiger partial charge is 0.180 e. The molecule has 2 rings (SSSR count). The summed E-state index contributed by atoms with van der Waals surface area (Å²) in [5.74, 6) is -0.442. The minimum atomic E-state index is -3.30. The average Bonchev–Trinajstić information content (AvgIpc) is 2.49. The highest BCUT2D eigenvalue weighted by atomic mass is 35.5. The molecule has 0 aliphatic carbocycles. The Hall–Kier alpha value is -1.59. The van der Waals surface area contributed by atoms with Gasteiger partial charge < -0.3 is 5.32 Å². The van der Waals surface area contributed by atoms with Gasteiger partial charge in [-0.2, -0.15) is 0 Å². The fraction of sp³-hybridized carbons (Fsp3) is 0.200. The monoisotopic (exact) mass is 327 g/mol. The third-order valence-corrected chi connectivity index (χ3v) is 5.14. The van der Waals surface area contributed by atoms with Gasteiger partial charge in [-0.25, -0.2) is 12.8 Å². The molecule has 2 aromatic carbocycles. The molecule has 0 unspecified atom stereocenters. The zero-order chi connectivity index (χ0) is 15.5. The maximum Gasteiger partial charge on any atom is 0.180 e. The van der Waals surface area contributed by atoms with Crippen molar-refractivity contribution < 1.29 is 12.8 Å². The molecule has 0 bridgehead atoms. The highest BCUT2D eigenvalue weighted by Crippen LogP contribution is 2.23. The first-order valence-corrected chi connectivity index (χ1v) is 8.46. The molecule has 0 atom stereocenters. The second-order valence-electron chi connectivity index (χ2n) is 4.50. The maximum absolute atomic E-state index is 13.1. The Morgan fingerprint density at radius 3 is 2.57 bits per heavy atom. The first kappa shape index (κ1) is 15.8. The van der Waals surface area contributed by atoms with Gasteiger partial charge in [-0.3, -0.25) is 0 Å². The number of halogens is 2. The molecule has 0 radical (unpaired) electrons. The Bertz CT molecular complexity index is 747. The molecule has 0 amide bonds. The lowest BCUT2D eigenvalue weighted by molar-refractivity contribution is 0.597. The number of anilines is 1. The van der Waals surface area contributed by atoms with Gasteiger partial charge in [0.15, 0.2) is 9.84 Å². The van der Waals surface area contributed by atoms with E-state index in [1.807, 2.05) is 0 Å². The van der Waals surface area contributed by atoms with Gasteiger partial charge >= 0.3 is 0 Å². The number of hydrogen-bond acceptors (Lipinski definition) is 3. The van der Waals surface area contributed by atoms with Crippen LogP contribution in [0.3, 0.4) is 0 Å². The number of rotatable bonds is 5. The third kappa shape index (κ3) is 3.74. The molecule has 21 heavy (non-hydrogen) atoms. The molecule has 0 aromatic heterocycles. The first-order chi connectivity index (χ1) is 9.94. The summed E-state index contributed by atoms with van der Waals surface area (Å²) >= 11 is 5.72. The molecular weight excluding hydrogens is 313 g/mol. The largest absolute Gasteiger partial charge is 0.380 e. The van der Waals surface area contributed by atoms with Gasteiger partial charge in [0.25, 0.3) is 0 Å². The van der Waals surface area contributed by atoms with E-state index in [1.165, 1.54) is 12.1 Å². The van der Waals surface area contributed by atoms with E-state index in [0.717, 1.165) is 5.56 Å². The van der Waals surface area contributed by atoms with E-state index >= 15 is 0 Å². The van der Waals surface area contributed by atoms with Gasteiger partial charge in [0.2, 0.25) is 0 Å². The van der Waals surface area contributed by atoms with E-state index in [-0.39, 0.29) is 15.7 Å². The van der Waals surface area contributed by atoms with Gasteiger partial charge in [-0.15, -0.1) is 0 Å². The normalized spacial score (nSPS) is 11.4. The van der Waals surface area contributed by atoms with Gasteiger partial charge in [-0.05, 0) is 29.8 Å². The van der Waals surface area contributed by atoms with Gasteiger partial charge in [0.05, 0.1) is 21.4 Å².